The van der Waals surface area contributed by atoms with Crippen molar-refractivity contribution in [3.05, 3.63) is 57.6 Å². The van der Waals surface area contributed by atoms with Crippen LogP contribution < -0.4 is 15.8 Å². The van der Waals surface area contributed by atoms with Gasteiger partial charge in [-0.3, -0.25) is 0 Å². The monoisotopic (exact) mass is 351 g/mol. The van der Waals surface area contributed by atoms with Gasteiger partial charge in [0, 0.05) is 5.56 Å². The van der Waals surface area contributed by atoms with Gasteiger partial charge in [0.15, 0.2) is 0 Å². The van der Waals surface area contributed by atoms with Crippen LogP contribution in [-0.2, 0) is 0 Å². The molecule has 2 aromatic carbocycles. The number of amidine groups is 1. The molecule has 7 heteroatoms. The zero-order valence-electron chi connectivity index (χ0n) is 12.6. The number of nitrogens with zero attached hydrogens (tertiary/aromatic N) is 1. The molecule has 0 spiro atoms. The lowest BCUT2D eigenvalue weighted by Crippen LogP contribution is -2.18. The number of carbonyl (C=O) groups excluding carboxylic acids is 1. The van der Waals surface area contributed by atoms with E-state index in [0.29, 0.717) is 27.0 Å². The lowest BCUT2D eigenvalue weighted by Gasteiger charge is -2.09. The summed E-state index contributed by atoms with van der Waals surface area (Å²) in [5.41, 5.74) is 7.69. The van der Waals surface area contributed by atoms with Crippen LogP contribution in [0.4, 0.5) is 10.5 Å². The largest absolute Gasteiger partial charge is 0.496 e. The van der Waals surface area contributed by atoms with Crippen molar-refractivity contribution in [3.8, 4) is 5.75 Å². The van der Waals surface area contributed by atoms with Gasteiger partial charge in [-0.1, -0.05) is 41.4 Å². The summed E-state index contributed by atoms with van der Waals surface area (Å²) in [6.45, 7) is 1.90. The Balaban J connectivity index is 2.22. The third kappa shape index (κ3) is 4.15. The first-order valence-electron chi connectivity index (χ1n) is 6.66. The molecule has 3 N–H and O–H groups in total. The number of ether oxygens (including phenoxy) is 1. The number of carbonyl (C=O) groups is 1. The first-order chi connectivity index (χ1) is 10.9. The number of nitrogens with two attached hydrogens (primary N) is 1. The van der Waals surface area contributed by atoms with E-state index in [9.17, 15) is 4.79 Å². The first-order valence-corrected chi connectivity index (χ1v) is 7.42. The molecule has 23 heavy (non-hydrogen) atoms. The Morgan fingerprint density at radius 2 is 1.87 bits per heavy atom. The summed E-state index contributed by atoms with van der Waals surface area (Å²) in [5, 5.41) is 3.15. The van der Waals surface area contributed by atoms with Crippen LogP contribution in [0.5, 0.6) is 5.75 Å². The van der Waals surface area contributed by atoms with E-state index in [0.717, 1.165) is 5.56 Å². The van der Waals surface area contributed by atoms with Gasteiger partial charge >= 0.3 is 6.03 Å². The number of halogens is 2. The van der Waals surface area contributed by atoms with Crippen molar-refractivity contribution in [2.75, 3.05) is 12.4 Å². The van der Waals surface area contributed by atoms with Crippen molar-refractivity contribution < 1.29 is 9.53 Å². The molecule has 0 bridgehead atoms. The van der Waals surface area contributed by atoms with Crippen LogP contribution in [0.2, 0.25) is 10.0 Å². The average molecular weight is 352 g/mol. The Bertz CT molecular complexity index is 756. The molecule has 2 aromatic rings. The molecule has 0 saturated carbocycles. The first kappa shape index (κ1) is 17.1. The van der Waals surface area contributed by atoms with Gasteiger partial charge in [-0.05, 0) is 30.7 Å². The van der Waals surface area contributed by atoms with Gasteiger partial charge in [0.05, 0.1) is 22.8 Å². The molecular weight excluding hydrogens is 337 g/mol. The second-order valence-electron chi connectivity index (χ2n) is 4.71. The van der Waals surface area contributed by atoms with Crippen LogP contribution in [0.3, 0.4) is 0 Å². The van der Waals surface area contributed by atoms with Gasteiger partial charge < -0.3 is 15.8 Å². The van der Waals surface area contributed by atoms with E-state index < -0.39 is 6.03 Å². The van der Waals surface area contributed by atoms with Crippen molar-refractivity contribution in [2.45, 2.75) is 6.92 Å². The Kier molecular flexibility index (Phi) is 5.47. The Morgan fingerprint density at radius 1 is 1.22 bits per heavy atom. The van der Waals surface area contributed by atoms with Crippen molar-refractivity contribution in [3.63, 3.8) is 0 Å². The Labute approximate surface area is 144 Å². The lowest BCUT2D eigenvalue weighted by atomic mass is 10.1. The number of para-hydroxylation sites is 1. The van der Waals surface area contributed by atoms with E-state index in [1.165, 1.54) is 0 Å². The SMILES string of the molecule is COc1cc(/C(N)=N/C(=O)Nc2c(Cl)cccc2Cl)ccc1C. The molecule has 0 atom stereocenters. The van der Waals surface area contributed by atoms with E-state index in [4.69, 9.17) is 33.7 Å². The normalized spacial score (nSPS) is 11.2. The number of methoxy groups -OCH3 is 1. The molecule has 0 saturated heterocycles. The summed E-state index contributed by atoms with van der Waals surface area (Å²) in [6, 6.07) is 9.53. The highest BCUT2D eigenvalue weighted by Crippen LogP contribution is 2.29. The topological polar surface area (TPSA) is 76.7 Å². The summed E-state index contributed by atoms with van der Waals surface area (Å²) in [4.78, 5) is 15.8. The fourth-order valence-corrected chi connectivity index (χ4v) is 2.40. The maximum Gasteiger partial charge on any atom is 0.347 e. The molecule has 0 radical (unpaired) electrons. The maximum atomic E-state index is 12.0. The van der Waals surface area contributed by atoms with Crippen molar-refractivity contribution in [2.24, 2.45) is 10.7 Å². The molecule has 0 aliphatic carbocycles. The highest BCUT2D eigenvalue weighted by molar-refractivity contribution is 6.39. The summed E-state index contributed by atoms with van der Waals surface area (Å²) >= 11 is 12.0. The molecule has 0 aliphatic rings. The number of nitrogens with one attached hydrogen (secondary N) is 1. The minimum absolute atomic E-state index is 0.0592. The van der Waals surface area contributed by atoms with Gasteiger partial charge in [-0.15, -0.1) is 0 Å². The van der Waals surface area contributed by atoms with E-state index in [1.807, 2.05) is 13.0 Å². The molecule has 2 amide bonds. The number of rotatable bonds is 3. The smallest absolute Gasteiger partial charge is 0.347 e. The molecule has 0 unspecified atom stereocenters. The summed E-state index contributed by atoms with van der Waals surface area (Å²) < 4.78 is 5.22. The number of benzene rings is 2. The molecular formula is C16H15Cl2N3O2. The third-order valence-electron chi connectivity index (χ3n) is 3.12. The summed E-state index contributed by atoms with van der Waals surface area (Å²) in [7, 11) is 1.56. The Hall–Kier alpha value is -2.24. The van der Waals surface area contributed by atoms with Crippen LogP contribution in [0.15, 0.2) is 41.4 Å². The van der Waals surface area contributed by atoms with Crippen LogP contribution in [0.25, 0.3) is 0 Å². The van der Waals surface area contributed by atoms with Gasteiger partial charge in [0.1, 0.15) is 11.6 Å². The highest BCUT2D eigenvalue weighted by Gasteiger charge is 2.10. The van der Waals surface area contributed by atoms with Crippen LogP contribution in [-0.4, -0.2) is 19.0 Å². The van der Waals surface area contributed by atoms with Gasteiger partial charge in [0.2, 0.25) is 0 Å². The average Bonchev–Trinajstić information content (AvgIpc) is 2.51. The number of urea groups is 1. The summed E-state index contributed by atoms with van der Waals surface area (Å²) in [5.74, 6) is 0.721. The maximum absolute atomic E-state index is 12.0. The van der Waals surface area contributed by atoms with E-state index in [1.54, 1.807) is 37.4 Å². The fraction of sp³-hybridized carbons (Fsp3) is 0.125. The second kappa shape index (κ2) is 7.35. The molecule has 0 aliphatic heterocycles. The van der Waals surface area contributed by atoms with E-state index in [-0.39, 0.29) is 5.84 Å². The Morgan fingerprint density at radius 3 is 2.48 bits per heavy atom. The van der Waals surface area contributed by atoms with Gasteiger partial charge in [0.25, 0.3) is 0 Å². The number of aryl methyl sites for hydroxylation is 1. The third-order valence-corrected chi connectivity index (χ3v) is 3.75. The highest BCUT2D eigenvalue weighted by atomic mass is 35.5. The molecule has 0 fully saturated rings. The number of hydrogen-bond acceptors (Lipinski definition) is 2. The molecule has 0 heterocycles. The number of anilines is 1. The van der Waals surface area contributed by atoms with Crippen LogP contribution in [0.1, 0.15) is 11.1 Å². The summed E-state index contributed by atoms with van der Waals surface area (Å²) in [6.07, 6.45) is 0. The van der Waals surface area contributed by atoms with Crippen LogP contribution in [0, 0.1) is 6.92 Å². The number of amides is 2. The van der Waals surface area contributed by atoms with Gasteiger partial charge in [-0.2, -0.15) is 4.99 Å². The quantitative estimate of drug-likeness (QED) is 0.640. The minimum atomic E-state index is -0.669. The predicted molar refractivity (Wildman–Crippen MR) is 93.9 cm³/mol. The zero-order valence-corrected chi connectivity index (χ0v) is 14.1. The molecule has 2 rings (SSSR count). The minimum Gasteiger partial charge on any atom is -0.496 e. The standard InChI is InChI=1S/C16H15Cl2N3O2/c1-9-6-7-10(8-13(9)23-2)15(19)21-16(22)20-14-11(17)4-3-5-12(14)18/h3-8H,1-2H3,(H3,19,20,21,22). The number of aliphatic imine (C=N–C) groups is 1. The molecule has 120 valence electrons. The fourth-order valence-electron chi connectivity index (χ4n) is 1.91. The molecule has 0 aromatic heterocycles. The van der Waals surface area contributed by atoms with Crippen molar-refractivity contribution >= 4 is 40.8 Å². The second-order valence-corrected chi connectivity index (χ2v) is 5.52. The van der Waals surface area contributed by atoms with Crippen LogP contribution >= 0.6 is 23.2 Å². The molecule has 5 nitrogen and oxygen atoms in total. The lowest BCUT2D eigenvalue weighted by molar-refractivity contribution is 0.259. The van der Waals surface area contributed by atoms with E-state index >= 15 is 0 Å². The number of hydrogen-bond donors (Lipinski definition) is 2. The zero-order chi connectivity index (χ0) is 17.0. The van der Waals surface area contributed by atoms with E-state index in [2.05, 4.69) is 10.3 Å². The van der Waals surface area contributed by atoms with Crippen molar-refractivity contribution in [1.82, 2.24) is 0 Å². The van der Waals surface area contributed by atoms with Crippen molar-refractivity contribution in [1.29, 1.82) is 0 Å². The van der Waals surface area contributed by atoms with Gasteiger partial charge in [-0.25, -0.2) is 4.79 Å². The predicted octanol–water partition coefficient (Wildman–Crippen LogP) is 4.25.